The first-order valence-corrected chi connectivity index (χ1v) is 4.02. The highest BCUT2D eigenvalue weighted by molar-refractivity contribution is 5.40. The number of fused-ring (bicyclic) bond motifs is 1. The average Bonchev–Trinajstić information content (AvgIpc) is 2.60. The van der Waals surface area contributed by atoms with Gasteiger partial charge in [0.2, 0.25) is 0 Å². The van der Waals surface area contributed by atoms with E-state index in [1.165, 1.54) is 23.1 Å². The third-order valence-electron chi connectivity index (χ3n) is 1.62. The second-order valence-corrected chi connectivity index (χ2v) is 2.79. The van der Waals surface area contributed by atoms with Crippen molar-refractivity contribution < 1.29 is 13.2 Å². The maximum absolute atomic E-state index is 11.9. The fourth-order valence-electron chi connectivity index (χ4n) is 1.00. The van der Waals surface area contributed by atoms with Crippen molar-refractivity contribution in [3.05, 3.63) is 18.6 Å². The van der Waals surface area contributed by atoms with Crippen LogP contribution in [0.1, 0.15) is 0 Å². The Morgan fingerprint density at radius 2 is 2.20 bits per heavy atom. The van der Waals surface area contributed by atoms with E-state index in [4.69, 9.17) is 0 Å². The van der Waals surface area contributed by atoms with Crippen molar-refractivity contribution in [1.29, 1.82) is 0 Å². The van der Waals surface area contributed by atoms with Crippen LogP contribution in [-0.4, -0.2) is 32.3 Å². The molecule has 0 aliphatic carbocycles. The molecule has 0 saturated heterocycles. The Hall–Kier alpha value is -1.86. The number of hydrogen-bond donors (Lipinski definition) is 1. The topological polar surface area (TPSA) is 55.1 Å². The minimum atomic E-state index is -4.26. The summed E-state index contributed by atoms with van der Waals surface area (Å²) in [6, 6.07) is 1.40. The minimum Gasteiger partial charge on any atom is -0.361 e. The summed E-state index contributed by atoms with van der Waals surface area (Å²) in [7, 11) is 0. The Bertz CT molecular complexity index is 463. The molecular weight excluding hydrogens is 211 g/mol. The van der Waals surface area contributed by atoms with E-state index < -0.39 is 12.7 Å². The van der Waals surface area contributed by atoms with Gasteiger partial charge in [0, 0.05) is 6.20 Å². The summed E-state index contributed by atoms with van der Waals surface area (Å²) in [5.41, 5.74) is 0. The second kappa shape index (κ2) is 3.37. The molecule has 8 heteroatoms. The molecule has 1 N–H and O–H groups in total. The van der Waals surface area contributed by atoms with Gasteiger partial charge in [0.25, 0.3) is 5.78 Å². The van der Waals surface area contributed by atoms with Crippen LogP contribution in [0.25, 0.3) is 5.78 Å². The van der Waals surface area contributed by atoms with Crippen molar-refractivity contribution in [3.8, 4) is 0 Å². The van der Waals surface area contributed by atoms with Gasteiger partial charge in [-0.2, -0.15) is 28.2 Å². The van der Waals surface area contributed by atoms with Gasteiger partial charge in [-0.25, -0.2) is 4.52 Å². The first-order valence-electron chi connectivity index (χ1n) is 4.02. The molecule has 2 aromatic rings. The molecule has 0 aliphatic heterocycles. The van der Waals surface area contributed by atoms with Crippen molar-refractivity contribution in [2.45, 2.75) is 6.18 Å². The molecular formula is C7H6F3N5. The van der Waals surface area contributed by atoms with Crippen molar-refractivity contribution in [2.24, 2.45) is 0 Å². The van der Waals surface area contributed by atoms with Crippen LogP contribution in [0.4, 0.5) is 19.0 Å². The molecule has 80 valence electrons. The number of alkyl halides is 3. The molecule has 2 heterocycles. The summed E-state index contributed by atoms with van der Waals surface area (Å²) in [4.78, 5) is 7.56. The Balaban J connectivity index is 2.15. The van der Waals surface area contributed by atoms with E-state index >= 15 is 0 Å². The summed E-state index contributed by atoms with van der Waals surface area (Å²) in [6.45, 7) is -1.12. The zero-order valence-electron chi connectivity index (χ0n) is 7.36. The lowest BCUT2D eigenvalue weighted by atomic mass is 10.5. The molecule has 0 fully saturated rings. The van der Waals surface area contributed by atoms with Crippen LogP contribution in [-0.2, 0) is 0 Å². The van der Waals surface area contributed by atoms with Gasteiger partial charge >= 0.3 is 6.18 Å². The molecule has 0 spiro atoms. The maximum atomic E-state index is 11.9. The summed E-state index contributed by atoms with van der Waals surface area (Å²) >= 11 is 0. The van der Waals surface area contributed by atoms with Gasteiger partial charge in [-0.15, -0.1) is 0 Å². The molecule has 15 heavy (non-hydrogen) atoms. The molecule has 0 saturated carbocycles. The Labute approximate surface area is 82.0 Å². The van der Waals surface area contributed by atoms with E-state index in [9.17, 15) is 13.2 Å². The smallest absolute Gasteiger partial charge is 0.361 e. The summed E-state index contributed by atoms with van der Waals surface area (Å²) in [5, 5.41) is 5.91. The van der Waals surface area contributed by atoms with E-state index in [1.807, 2.05) is 0 Å². The average molecular weight is 217 g/mol. The van der Waals surface area contributed by atoms with Gasteiger partial charge < -0.3 is 5.32 Å². The fraction of sp³-hybridized carbons (Fsp3) is 0.286. The maximum Gasteiger partial charge on any atom is 0.405 e. The van der Waals surface area contributed by atoms with Gasteiger partial charge in [0.15, 0.2) is 0 Å². The third kappa shape index (κ3) is 2.33. The largest absolute Gasteiger partial charge is 0.405 e. The van der Waals surface area contributed by atoms with Crippen LogP contribution in [0.2, 0.25) is 0 Å². The van der Waals surface area contributed by atoms with Gasteiger partial charge in [-0.3, -0.25) is 0 Å². The highest BCUT2D eigenvalue weighted by atomic mass is 19.4. The van der Waals surface area contributed by atoms with E-state index in [2.05, 4.69) is 20.4 Å². The monoisotopic (exact) mass is 217 g/mol. The number of nitrogens with zero attached hydrogens (tertiary/aromatic N) is 4. The molecule has 0 aromatic carbocycles. The molecule has 5 nitrogen and oxygen atoms in total. The SMILES string of the molecule is FC(F)(F)CNc1ccn2ncnc2n1. The lowest BCUT2D eigenvalue weighted by Crippen LogP contribution is -2.21. The van der Waals surface area contributed by atoms with Crippen LogP contribution in [0.5, 0.6) is 0 Å². The number of aromatic nitrogens is 4. The van der Waals surface area contributed by atoms with Crippen molar-refractivity contribution in [2.75, 3.05) is 11.9 Å². The quantitative estimate of drug-likeness (QED) is 0.818. The molecule has 0 atom stereocenters. The second-order valence-electron chi connectivity index (χ2n) is 2.79. The number of nitrogens with one attached hydrogen (secondary N) is 1. The van der Waals surface area contributed by atoms with E-state index in [0.717, 1.165) is 0 Å². The van der Waals surface area contributed by atoms with Crippen LogP contribution < -0.4 is 5.32 Å². The number of hydrogen-bond acceptors (Lipinski definition) is 4. The zero-order chi connectivity index (χ0) is 10.9. The Kier molecular flexibility index (Phi) is 2.18. The van der Waals surface area contributed by atoms with Gasteiger partial charge in [0.05, 0.1) is 0 Å². The highest BCUT2D eigenvalue weighted by Gasteiger charge is 2.26. The Morgan fingerprint density at radius 1 is 1.40 bits per heavy atom. The molecule has 0 radical (unpaired) electrons. The van der Waals surface area contributed by atoms with Crippen molar-refractivity contribution in [1.82, 2.24) is 19.6 Å². The highest BCUT2D eigenvalue weighted by Crippen LogP contribution is 2.15. The fourth-order valence-corrected chi connectivity index (χ4v) is 1.00. The molecule has 0 aliphatic rings. The van der Waals surface area contributed by atoms with E-state index in [-0.39, 0.29) is 11.6 Å². The molecule has 0 amide bonds. The van der Waals surface area contributed by atoms with E-state index in [0.29, 0.717) is 0 Å². The summed E-state index contributed by atoms with van der Waals surface area (Å²) in [6.07, 6.45) is -1.51. The first kappa shape index (κ1) is 9.69. The molecule has 0 bridgehead atoms. The zero-order valence-corrected chi connectivity index (χ0v) is 7.36. The molecule has 0 unspecified atom stereocenters. The van der Waals surface area contributed by atoms with Gasteiger partial charge in [-0.05, 0) is 6.07 Å². The normalized spacial score (nSPS) is 11.9. The van der Waals surface area contributed by atoms with Crippen molar-refractivity contribution >= 4 is 11.6 Å². The lowest BCUT2D eigenvalue weighted by molar-refractivity contribution is -0.115. The van der Waals surface area contributed by atoms with Gasteiger partial charge in [0.1, 0.15) is 18.7 Å². The van der Waals surface area contributed by atoms with Crippen LogP contribution >= 0.6 is 0 Å². The number of rotatable bonds is 2. The minimum absolute atomic E-state index is 0.118. The van der Waals surface area contributed by atoms with Crippen LogP contribution in [0.15, 0.2) is 18.6 Å². The third-order valence-corrected chi connectivity index (χ3v) is 1.62. The molecule has 2 rings (SSSR count). The predicted molar refractivity (Wildman–Crippen MR) is 45.3 cm³/mol. The van der Waals surface area contributed by atoms with Crippen LogP contribution in [0.3, 0.4) is 0 Å². The Morgan fingerprint density at radius 3 is 2.93 bits per heavy atom. The van der Waals surface area contributed by atoms with Crippen molar-refractivity contribution in [3.63, 3.8) is 0 Å². The first-order chi connectivity index (χ1) is 7.04. The lowest BCUT2D eigenvalue weighted by Gasteiger charge is -2.08. The predicted octanol–water partition coefficient (Wildman–Crippen LogP) is 1.10. The van der Waals surface area contributed by atoms with E-state index in [1.54, 1.807) is 0 Å². The van der Waals surface area contributed by atoms with Crippen LogP contribution in [0, 0.1) is 0 Å². The standard InChI is InChI=1S/C7H6F3N5/c8-7(9,10)3-11-5-1-2-15-6(14-5)12-4-13-15/h1-2,4H,3H2,(H,11,12,13,14). The van der Waals surface area contributed by atoms with Gasteiger partial charge in [-0.1, -0.05) is 0 Å². The summed E-state index contributed by atoms with van der Waals surface area (Å²) < 4.78 is 37.0. The number of anilines is 1. The molecule has 2 aromatic heterocycles. The number of halogens is 3. The summed E-state index contributed by atoms with van der Waals surface area (Å²) in [5.74, 6) is 0.370.